The molecule has 0 fully saturated rings. The highest BCUT2D eigenvalue weighted by Gasteiger charge is 2.33. The summed E-state index contributed by atoms with van der Waals surface area (Å²) in [6.07, 6.45) is 4.73. The molecule has 1 aromatic rings. The molecule has 1 unspecified atom stereocenters. The van der Waals surface area contributed by atoms with Crippen molar-refractivity contribution in [3.8, 4) is 0 Å². The van der Waals surface area contributed by atoms with E-state index in [2.05, 4.69) is 15.4 Å². The zero-order chi connectivity index (χ0) is 16.4. The lowest BCUT2D eigenvalue weighted by atomic mass is 10.1. The number of hydrogen-bond acceptors (Lipinski definition) is 7. The molecular formula is C13H12N4O5S. The molecule has 1 aromatic carbocycles. The molecule has 1 heterocycles. The molecule has 23 heavy (non-hydrogen) atoms. The van der Waals surface area contributed by atoms with Crippen LogP contribution in [-0.4, -0.2) is 31.3 Å². The predicted molar refractivity (Wildman–Crippen MR) is 80.9 cm³/mol. The van der Waals surface area contributed by atoms with Gasteiger partial charge in [-0.3, -0.25) is 19.7 Å². The van der Waals surface area contributed by atoms with E-state index in [-0.39, 0.29) is 21.9 Å². The first kappa shape index (κ1) is 15.2. The molecule has 120 valence electrons. The van der Waals surface area contributed by atoms with Crippen LogP contribution in [0.4, 0.5) is 5.69 Å². The SMILES string of the molecule is O=C(NO)c1ccc(NS(=O)(=O)C2=CC=CC3NON=C23)cc1. The highest BCUT2D eigenvalue weighted by Crippen LogP contribution is 2.22. The minimum absolute atomic E-state index is 0.00724. The molecule has 0 saturated carbocycles. The molecule has 2 aliphatic rings. The number of hydrogen-bond donors (Lipinski definition) is 4. The maximum Gasteiger partial charge on any atom is 0.274 e. The van der Waals surface area contributed by atoms with Gasteiger partial charge in [-0.25, -0.2) is 13.9 Å². The number of nitrogens with zero attached hydrogens (tertiary/aromatic N) is 1. The summed E-state index contributed by atoms with van der Waals surface area (Å²) in [5, 5.41) is 12.2. The van der Waals surface area contributed by atoms with E-state index in [1.54, 1.807) is 12.2 Å². The smallest absolute Gasteiger partial charge is 0.274 e. The molecule has 0 bridgehead atoms. The van der Waals surface area contributed by atoms with Crippen molar-refractivity contribution in [3.05, 3.63) is 53.0 Å². The largest absolute Gasteiger partial charge is 0.298 e. The van der Waals surface area contributed by atoms with Crippen LogP contribution in [0.1, 0.15) is 10.4 Å². The average molecular weight is 336 g/mol. The molecule has 0 saturated heterocycles. The maximum absolute atomic E-state index is 12.5. The Hall–Kier alpha value is -2.69. The lowest BCUT2D eigenvalue weighted by Gasteiger charge is -2.15. The van der Waals surface area contributed by atoms with Crippen molar-refractivity contribution in [3.63, 3.8) is 0 Å². The summed E-state index contributed by atoms with van der Waals surface area (Å²) >= 11 is 0. The van der Waals surface area contributed by atoms with E-state index < -0.39 is 22.0 Å². The zero-order valence-electron chi connectivity index (χ0n) is 11.6. The third-order valence-corrected chi connectivity index (χ3v) is 4.64. The van der Waals surface area contributed by atoms with Gasteiger partial charge in [0.2, 0.25) is 0 Å². The van der Waals surface area contributed by atoms with Gasteiger partial charge in [0.15, 0.2) is 0 Å². The second-order valence-electron chi connectivity index (χ2n) is 4.70. The number of fused-ring (bicyclic) bond motifs is 1. The number of anilines is 1. The lowest BCUT2D eigenvalue weighted by Crippen LogP contribution is -2.33. The monoisotopic (exact) mass is 336 g/mol. The van der Waals surface area contributed by atoms with Gasteiger partial charge in [-0.1, -0.05) is 17.3 Å². The molecular weight excluding hydrogens is 324 g/mol. The number of carbonyl (C=O) groups is 1. The number of benzene rings is 1. The van der Waals surface area contributed by atoms with Crippen LogP contribution in [0.2, 0.25) is 0 Å². The number of oxime groups is 1. The van der Waals surface area contributed by atoms with E-state index in [0.29, 0.717) is 0 Å². The first-order valence-electron chi connectivity index (χ1n) is 6.47. The summed E-state index contributed by atoms with van der Waals surface area (Å²) in [4.78, 5) is 15.9. The second kappa shape index (κ2) is 5.83. The third kappa shape index (κ3) is 2.95. The van der Waals surface area contributed by atoms with Gasteiger partial charge in [-0.2, -0.15) is 0 Å². The summed E-state index contributed by atoms with van der Waals surface area (Å²) in [5.41, 5.74) is 4.77. The van der Waals surface area contributed by atoms with Crippen molar-refractivity contribution in [1.29, 1.82) is 0 Å². The van der Waals surface area contributed by atoms with Crippen molar-refractivity contribution >= 4 is 27.3 Å². The summed E-state index contributed by atoms with van der Waals surface area (Å²) in [5.74, 6) is -0.689. The molecule has 0 radical (unpaired) electrons. The van der Waals surface area contributed by atoms with Gasteiger partial charge in [-0.05, 0) is 30.3 Å². The first-order chi connectivity index (χ1) is 11.0. The molecule has 10 heteroatoms. The Labute approximate surface area is 131 Å². The molecule has 1 aliphatic heterocycles. The molecule has 0 spiro atoms. The topological polar surface area (TPSA) is 129 Å². The van der Waals surface area contributed by atoms with Crippen LogP contribution in [0.5, 0.6) is 0 Å². The fraction of sp³-hybridized carbons (Fsp3) is 0.0769. The molecule has 3 rings (SSSR count). The van der Waals surface area contributed by atoms with E-state index in [1.165, 1.54) is 35.8 Å². The number of rotatable bonds is 4. The van der Waals surface area contributed by atoms with Crippen LogP contribution >= 0.6 is 0 Å². The van der Waals surface area contributed by atoms with Crippen LogP contribution < -0.4 is 15.7 Å². The van der Waals surface area contributed by atoms with Crippen LogP contribution in [0.15, 0.2) is 52.6 Å². The summed E-state index contributed by atoms with van der Waals surface area (Å²) in [6.45, 7) is 0. The molecule has 9 nitrogen and oxygen atoms in total. The molecule has 1 aliphatic carbocycles. The average Bonchev–Trinajstić information content (AvgIpc) is 3.02. The Morgan fingerprint density at radius 1 is 1.30 bits per heavy atom. The summed E-state index contributed by atoms with van der Waals surface area (Å²) in [6, 6.07) is 5.15. The van der Waals surface area contributed by atoms with Crippen molar-refractivity contribution in [2.75, 3.05) is 4.72 Å². The van der Waals surface area contributed by atoms with Crippen LogP contribution in [0, 0.1) is 0 Å². The van der Waals surface area contributed by atoms with E-state index in [1.807, 2.05) is 0 Å². The molecule has 1 amide bonds. The van der Waals surface area contributed by atoms with E-state index in [9.17, 15) is 13.2 Å². The quantitative estimate of drug-likeness (QED) is 0.461. The van der Waals surface area contributed by atoms with Gasteiger partial charge in [0.1, 0.15) is 16.7 Å². The maximum atomic E-state index is 12.5. The zero-order valence-corrected chi connectivity index (χ0v) is 12.4. The first-order valence-corrected chi connectivity index (χ1v) is 7.95. The van der Waals surface area contributed by atoms with Crippen molar-refractivity contribution in [2.24, 2.45) is 5.16 Å². The van der Waals surface area contributed by atoms with E-state index in [4.69, 9.17) is 10.1 Å². The van der Waals surface area contributed by atoms with Gasteiger partial charge in [0.25, 0.3) is 15.9 Å². The van der Waals surface area contributed by atoms with Gasteiger partial charge in [0.05, 0.1) is 0 Å². The van der Waals surface area contributed by atoms with Crippen molar-refractivity contribution < 1.29 is 23.4 Å². The number of carbonyl (C=O) groups excluding carboxylic acids is 1. The number of amides is 1. The Kier molecular flexibility index (Phi) is 3.86. The van der Waals surface area contributed by atoms with Crippen LogP contribution in [0.25, 0.3) is 0 Å². The molecule has 4 N–H and O–H groups in total. The highest BCUT2D eigenvalue weighted by atomic mass is 32.2. The lowest BCUT2D eigenvalue weighted by molar-refractivity contribution is 0.0672. The number of nitrogens with one attached hydrogen (secondary N) is 3. The van der Waals surface area contributed by atoms with Gasteiger partial charge < -0.3 is 0 Å². The summed E-state index contributed by atoms with van der Waals surface area (Å²) < 4.78 is 27.3. The van der Waals surface area contributed by atoms with Gasteiger partial charge in [-0.15, -0.1) is 5.48 Å². The third-order valence-electron chi connectivity index (χ3n) is 3.21. The Balaban J connectivity index is 1.83. The van der Waals surface area contributed by atoms with Crippen LogP contribution in [-0.2, 0) is 15.0 Å². The summed E-state index contributed by atoms with van der Waals surface area (Å²) in [7, 11) is -3.87. The number of allylic oxidation sites excluding steroid dienone is 2. The Morgan fingerprint density at radius 2 is 2.04 bits per heavy atom. The molecule has 1 atom stereocenters. The minimum atomic E-state index is -3.87. The van der Waals surface area contributed by atoms with Gasteiger partial charge >= 0.3 is 0 Å². The second-order valence-corrected chi connectivity index (χ2v) is 6.35. The normalized spacial score (nSPS) is 19.3. The number of hydroxylamine groups is 2. The van der Waals surface area contributed by atoms with E-state index in [0.717, 1.165) is 0 Å². The highest BCUT2D eigenvalue weighted by molar-refractivity contribution is 7.97. The van der Waals surface area contributed by atoms with Crippen molar-refractivity contribution in [2.45, 2.75) is 6.04 Å². The van der Waals surface area contributed by atoms with Crippen LogP contribution in [0.3, 0.4) is 0 Å². The predicted octanol–water partition coefficient (Wildman–Crippen LogP) is 0.260. The van der Waals surface area contributed by atoms with Crippen molar-refractivity contribution in [1.82, 2.24) is 11.0 Å². The fourth-order valence-electron chi connectivity index (χ4n) is 2.10. The molecule has 0 aromatic heterocycles. The fourth-order valence-corrected chi connectivity index (χ4v) is 3.36. The van der Waals surface area contributed by atoms with E-state index >= 15 is 0 Å². The Bertz CT molecular complexity index is 826. The van der Waals surface area contributed by atoms with Gasteiger partial charge in [0, 0.05) is 11.3 Å². The standard InChI is InChI=1S/C13H12N4O5S/c18-13(14-19)8-4-6-9(7-5-8)17-23(20,21)11-3-1-2-10-12(11)16-22-15-10/h1-7,10,15,17,19H,(H,14,18). The minimum Gasteiger partial charge on any atom is -0.298 e. The Morgan fingerprint density at radius 3 is 2.74 bits per heavy atom. The number of sulfonamides is 1.